The minimum absolute atomic E-state index is 0.0481. The zero-order valence-corrected chi connectivity index (χ0v) is 8.51. The van der Waals surface area contributed by atoms with Crippen molar-refractivity contribution in [3.63, 3.8) is 0 Å². The molecule has 0 heterocycles. The van der Waals surface area contributed by atoms with Crippen LogP contribution in [0.1, 0.15) is 39.5 Å². The van der Waals surface area contributed by atoms with Crippen molar-refractivity contribution in [1.29, 1.82) is 0 Å². The summed E-state index contributed by atoms with van der Waals surface area (Å²) in [6.45, 7) is 4.49. The van der Waals surface area contributed by atoms with E-state index in [1.54, 1.807) is 0 Å². The van der Waals surface area contributed by atoms with Crippen LogP contribution in [-0.2, 0) is 9.53 Å². The summed E-state index contributed by atoms with van der Waals surface area (Å²) in [4.78, 5) is 11.7. The third kappa shape index (κ3) is 1.18. The molecule has 2 unspecified atom stereocenters. The molecule has 0 aromatic heterocycles. The summed E-state index contributed by atoms with van der Waals surface area (Å²) in [6.07, 6.45) is 5.08. The molecule has 0 bridgehead atoms. The molecule has 2 atom stereocenters. The van der Waals surface area contributed by atoms with Crippen LogP contribution >= 0.6 is 0 Å². The molecule has 0 aromatic rings. The van der Waals surface area contributed by atoms with Gasteiger partial charge in [0.25, 0.3) is 0 Å². The van der Waals surface area contributed by atoms with E-state index in [-0.39, 0.29) is 11.4 Å². The van der Waals surface area contributed by atoms with Gasteiger partial charge in [-0.1, -0.05) is 12.8 Å². The summed E-state index contributed by atoms with van der Waals surface area (Å²) in [7, 11) is 0. The Kier molecular flexibility index (Phi) is 2.09. The second kappa shape index (κ2) is 3.00. The molecular weight excluding hydrogens is 164 g/mol. The van der Waals surface area contributed by atoms with Crippen molar-refractivity contribution in [2.45, 2.75) is 39.5 Å². The Balaban J connectivity index is 2.02. The van der Waals surface area contributed by atoms with Crippen LogP contribution in [0.2, 0.25) is 0 Å². The normalized spacial score (nSPS) is 42.3. The number of carbonyl (C=O) groups is 1. The van der Waals surface area contributed by atoms with Gasteiger partial charge >= 0.3 is 5.97 Å². The molecule has 0 saturated heterocycles. The Morgan fingerprint density at radius 3 is 2.38 bits per heavy atom. The Hall–Kier alpha value is -0.530. The van der Waals surface area contributed by atoms with Crippen molar-refractivity contribution >= 4 is 5.97 Å². The van der Waals surface area contributed by atoms with Gasteiger partial charge in [0.2, 0.25) is 0 Å². The molecule has 2 aliphatic rings. The SMILES string of the molecule is CCOC(=O)C1(C)C2CCCCC21. The lowest BCUT2D eigenvalue weighted by Crippen LogP contribution is -2.19. The highest BCUT2D eigenvalue weighted by atomic mass is 16.5. The van der Waals surface area contributed by atoms with E-state index < -0.39 is 0 Å². The molecule has 2 heteroatoms. The smallest absolute Gasteiger partial charge is 0.312 e. The monoisotopic (exact) mass is 182 g/mol. The zero-order chi connectivity index (χ0) is 9.47. The third-order valence-corrected chi connectivity index (χ3v) is 3.91. The van der Waals surface area contributed by atoms with E-state index in [0.717, 1.165) is 0 Å². The van der Waals surface area contributed by atoms with Gasteiger partial charge in [-0.25, -0.2) is 0 Å². The third-order valence-electron chi connectivity index (χ3n) is 3.91. The fourth-order valence-corrected chi connectivity index (χ4v) is 3.02. The van der Waals surface area contributed by atoms with Gasteiger partial charge in [0.15, 0.2) is 0 Å². The predicted octanol–water partition coefficient (Wildman–Crippen LogP) is 2.38. The van der Waals surface area contributed by atoms with Gasteiger partial charge in [-0.05, 0) is 38.5 Å². The van der Waals surface area contributed by atoms with Crippen LogP contribution in [0.25, 0.3) is 0 Å². The van der Waals surface area contributed by atoms with Crippen molar-refractivity contribution in [3.05, 3.63) is 0 Å². The molecule has 74 valence electrons. The standard InChI is InChI=1S/C11H18O2/c1-3-13-10(12)11(2)8-6-4-5-7-9(8)11/h8-9H,3-7H2,1-2H3. The van der Waals surface area contributed by atoms with Crippen LogP contribution in [0.4, 0.5) is 0 Å². The lowest BCUT2D eigenvalue weighted by molar-refractivity contribution is -0.150. The summed E-state index contributed by atoms with van der Waals surface area (Å²) >= 11 is 0. The number of fused-ring (bicyclic) bond motifs is 1. The van der Waals surface area contributed by atoms with Gasteiger partial charge in [-0.2, -0.15) is 0 Å². The van der Waals surface area contributed by atoms with E-state index in [1.807, 2.05) is 6.92 Å². The Morgan fingerprint density at radius 1 is 1.38 bits per heavy atom. The maximum absolute atomic E-state index is 11.7. The zero-order valence-electron chi connectivity index (χ0n) is 8.51. The molecule has 2 rings (SSSR count). The van der Waals surface area contributed by atoms with E-state index in [9.17, 15) is 4.79 Å². The van der Waals surface area contributed by atoms with Gasteiger partial charge in [0, 0.05) is 0 Å². The molecule has 0 aliphatic heterocycles. The number of esters is 1. The highest BCUT2D eigenvalue weighted by molar-refractivity contribution is 5.81. The summed E-state index contributed by atoms with van der Waals surface area (Å²) < 4.78 is 5.12. The maximum atomic E-state index is 11.7. The van der Waals surface area contributed by atoms with Crippen molar-refractivity contribution in [2.75, 3.05) is 6.61 Å². The maximum Gasteiger partial charge on any atom is 0.312 e. The molecule has 0 spiro atoms. The first-order valence-corrected chi connectivity index (χ1v) is 5.38. The first-order chi connectivity index (χ1) is 6.21. The Morgan fingerprint density at radius 2 is 1.92 bits per heavy atom. The quantitative estimate of drug-likeness (QED) is 0.613. The molecule has 2 nitrogen and oxygen atoms in total. The van der Waals surface area contributed by atoms with Crippen LogP contribution in [0.3, 0.4) is 0 Å². The summed E-state index contributed by atoms with van der Waals surface area (Å²) in [5.41, 5.74) is -0.105. The topological polar surface area (TPSA) is 26.3 Å². The van der Waals surface area contributed by atoms with Crippen molar-refractivity contribution in [2.24, 2.45) is 17.3 Å². The molecule has 0 amide bonds. The number of ether oxygens (including phenoxy) is 1. The summed E-state index contributed by atoms with van der Waals surface area (Å²) in [5, 5.41) is 0. The molecule has 2 saturated carbocycles. The molecule has 2 aliphatic carbocycles. The fraction of sp³-hybridized carbons (Fsp3) is 0.909. The van der Waals surface area contributed by atoms with E-state index in [2.05, 4.69) is 6.92 Å². The molecule has 0 aromatic carbocycles. The van der Waals surface area contributed by atoms with Crippen molar-refractivity contribution in [3.8, 4) is 0 Å². The lowest BCUT2D eigenvalue weighted by atomic mass is 10.0. The van der Waals surface area contributed by atoms with Gasteiger partial charge in [-0.3, -0.25) is 4.79 Å². The molecular formula is C11H18O2. The predicted molar refractivity (Wildman–Crippen MR) is 50.2 cm³/mol. The Bertz CT molecular complexity index is 210. The van der Waals surface area contributed by atoms with Crippen LogP contribution in [0, 0.1) is 17.3 Å². The van der Waals surface area contributed by atoms with Crippen LogP contribution in [0.15, 0.2) is 0 Å². The van der Waals surface area contributed by atoms with Gasteiger partial charge < -0.3 is 4.74 Å². The van der Waals surface area contributed by atoms with Crippen LogP contribution in [-0.4, -0.2) is 12.6 Å². The fourth-order valence-electron chi connectivity index (χ4n) is 3.02. The number of hydrogen-bond donors (Lipinski definition) is 0. The highest BCUT2D eigenvalue weighted by Gasteiger charge is 2.66. The first kappa shape index (κ1) is 9.04. The van der Waals surface area contributed by atoms with Gasteiger partial charge in [0.1, 0.15) is 0 Å². The van der Waals surface area contributed by atoms with Crippen molar-refractivity contribution < 1.29 is 9.53 Å². The number of rotatable bonds is 2. The van der Waals surface area contributed by atoms with Crippen LogP contribution < -0.4 is 0 Å². The van der Waals surface area contributed by atoms with Crippen LogP contribution in [0.5, 0.6) is 0 Å². The molecule has 0 radical (unpaired) electrons. The first-order valence-electron chi connectivity index (χ1n) is 5.38. The summed E-state index contributed by atoms with van der Waals surface area (Å²) in [6, 6.07) is 0. The van der Waals surface area contributed by atoms with E-state index >= 15 is 0 Å². The number of carbonyl (C=O) groups excluding carboxylic acids is 1. The largest absolute Gasteiger partial charge is 0.466 e. The average molecular weight is 182 g/mol. The highest BCUT2D eigenvalue weighted by Crippen LogP contribution is 2.65. The molecule has 13 heavy (non-hydrogen) atoms. The van der Waals surface area contributed by atoms with E-state index in [4.69, 9.17) is 4.74 Å². The van der Waals surface area contributed by atoms with Gasteiger partial charge in [-0.15, -0.1) is 0 Å². The summed E-state index contributed by atoms with van der Waals surface area (Å²) in [5.74, 6) is 1.33. The minimum Gasteiger partial charge on any atom is -0.466 e. The van der Waals surface area contributed by atoms with E-state index in [1.165, 1.54) is 25.7 Å². The van der Waals surface area contributed by atoms with Gasteiger partial charge in [0.05, 0.1) is 12.0 Å². The second-order valence-electron chi connectivity index (χ2n) is 4.50. The second-order valence-corrected chi connectivity index (χ2v) is 4.50. The lowest BCUT2D eigenvalue weighted by Gasteiger charge is -2.09. The molecule has 0 N–H and O–H groups in total. The minimum atomic E-state index is -0.105. The number of hydrogen-bond acceptors (Lipinski definition) is 2. The Labute approximate surface area is 79.7 Å². The van der Waals surface area contributed by atoms with Crippen molar-refractivity contribution in [1.82, 2.24) is 0 Å². The molecule has 2 fully saturated rings. The van der Waals surface area contributed by atoms with E-state index in [0.29, 0.717) is 18.4 Å². The average Bonchev–Trinajstić information content (AvgIpc) is 2.76.